The Hall–Kier alpha value is -2.14. The predicted octanol–water partition coefficient (Wildman–Crippen LogP) is 2.07. The Morgan fingerprint density at radius 3 is 2.56 bits per heavy atom. The SMILES string of the molecule is Nc1nccnc1C(=O)OCc1ccc(Cl)cc1. The fraction of sp³-hybridized carbons (Fsp3) is 0.0833. The first-order valence-electron chi connectivity index (χ1n) is 5.15. The van der Waals surface area contributed by atoms with E-state index in [9.17, 15) is 4.79 Å². The zero-order chi connectivity index (χ0) is 13.0. The average Bonchev–Trinajstić information content (AvgIpc) is 2.38. The standard InChI is InChI=1S/C12H10ClN3O2/c13-9-3-1-8(2-4-9)7-18-12(17)10-11(14)16-6-5-15-10/h1-6H,7H2,(H2,14,16). The average molecular weight is 264 g/mol. The quantitative estimate of drug-likeness (QED) is 0.858. The van der Waals surface area contributed by atoms with Crippen molar-refractivity contribution in [3.05, 3.63) is 52.9 Å². The maximum Gasteiger partial charge on any atom is 0.361 e. The second-order valence-electron chi connectivity index (χ2n) is 3.49. The molecule has 0 saturated carbocycles. The van der Waals surface area contributed by atoms with Gasteiger partial charge in [0.05, 0.1) is 0 Å². The summed E-state index contributed by atoms with van der Waals surface area (Å²) in [5, 5.41) is 0.628. The predicted molar refractivity (Wildman–Crippen MR) is 67.0 cm³/mol. The number of nitrogen functional groups attached to an aromatic ring is 1. The van der Waals surface area contributed by atoms with Crippen LogP contribution in [0.5, 0.6) is 0 Å². The minimum atomic E-state index is -0.601. The summed E-state index contributed by atoms with van der Waals surface area (Å²) in [7, 11) is 0. The Morgan fingerprint density at radius 1 is 1.22 bits per heavy atom. The van der Waals surface area contributed by atoms with Gasteiger partial charge >= 0.3 is 5.97 Å². The molecule has 1 aromatic carbocycles. The number of carbonyl (C=O) groups excluding carboxylic acids is 1. The van der Waals surface area contributed by atoms with Gasteiger partial charge in [-0.2, -0.15) is 0 Å². The fourth-order valence-electron chi connectivity index (χ4n) is 1.30. The van der Waals surface area contributed by atoms with E-state index >= 15 is 0 Å². The Labute approximate surface area is 109 Å². The van der Waals surface area contributed by atoms with E-state index in [0.29, 0.717) is 5.02 Å². The zero-order valence-electron chi connectivity index (χ0n) is 9.34. The van der Waals surface area contributed by atoms with E-state index < -0.39 is 5.97 Å². The van der Waals surface area contributed by atoms with Gasteiger partial charge in [0, 0.05) is 17.4 Å². The van der Waals surface area contributed by atoms with Gasteiger partial charge < -0.3 is 10.5 Å². The molecule has 6 heteroatoms. The third-order valence-electron chi connectivity index (χ3n) is 2.20. The first-order valence-corrected chi connectivity index (χ1v) is 5.52. The van der Waals surface area contributed by atoms with Gasteiger partial charge in [-0.1, -0.05) is 23.7 Å². The van der Waals surface area contributed by atoms with Gasteiger partial charge in [0.1, 0.15) is 6.61 Å². The highest BCUT2D eigenvalue weighted by Gasteiger charge is 2.13. The number of carbonyl (C=O) groups is 1. The van der Waals surface area contributed by atoms with Crippen LogP contribution in [-0.4, -0.2) is 15.9 Å². The van der Waals surface area contributed by atoms with Crippen molar-refractivity contribution >= 4 is 23.4 Å². The first kappa shape index (κ1) is 12.3. The topological polar surface area (TPSA) is 78.1 Å². The molecule has 2 N–H and O–H groups in total. The van der Waals surface area contributed by atoms with Gasteiger partial charge in [-0.3, -0.25) is 0 Å². The number of anilines is 1. The van der Waals surface area contributed by atoms with Gasteiger partial charge in [0.15, 0.2) is 11.5 Å². The van der Waals surface area contributed by atoms with Crippen LogP contribution in [0.15, 0.2) is 36.7 Å². The van der Waals surface area contributed by atoms with Crippen LogP contribution >= 0.6 is 11.6 Å². The molecule has 0 amide bonds. The van der Waals surface area contributed by atoms with Crippen LogP contribution in [0, 0.1) is 0 Å². The van der Waals surface area contributed by atoms with Crippen LogP contribution in [0.4, 0.5) is 5.82 Å². The van der Waals surface area contributed by atoms with E-state index in [2.05, 4.69) is 9.97 Å². The summed E-state index contributed by atoms with van der Waals surface area (Å²) in [6.45, 7) is 0.131. The molecule has 2 rings (SSSR count). The summed E-state index contributed by atoms with van der Waals surface area (Å²) >= 11 is 5.75. The number of hydrogen-bond donors (Lipinski definition) is 1. The molecule has 92 valence electrons. The summed E-state index contributed by atoms with van der Waals surface area (Å²) in [5.41, 5.74) is 6.37. The molecule has 0 aliphatic heterocycles. The number of esters is 1. The third kappa shape index (κ3) is 2.95. The van der Waals surface area contributed by atoms with E-state index in [1.165, 1.54) is 12.4 Å². The summed E-state index contributed by atoms with van der Waals surface area (Å²) in [4.78, 5) is 19.3. The number of nitrogens with two attached hydrogens (primary N) is 1. The number of rotatable bonds is 3. The van der Waals surface area contributed by atoms with Crippen molar-refractivity contribution in [3.8, 4) is 0 Å². The van der Waals surface area contributed by atoms with E-state index in [1.54, 1.807) is 24.3 Å². The van der Waals surface area contributed by atoms with Crippen molar-refractivity contribution in [2.24, 2.45) is 0 Å². The molecule has 0 aliphatic carbocycles. The monoisotopic (exact) mass is 263 g/mol. The molecule has 0 radical (unpaired) electrons. The minimum Gasteiger partial charge on any atom is -0.456 e. The molecule has 0 spiro atoms. The number of ether oxygens (including phenoxy) is 1. The summed E-state index contributed by atoms with van der Waals surface area (Å²) in [6.07, 6.45) is 2.79. The lowest BCUT2D eigenvalue weighted by Crippen LogP contribution is -2.11. The minimum absolute atomic E-state index is 0.0199. The Bertz CT molecular complexity index is 558. The number of benzene rings is 1. The lowest BCUT2D eigenvalue weighted by Gasteiger charge is -2.05. The van der Waals surface area contributed by atoms with Crippen molar-refractivity contribution in [1.82, 2.24) is 9.97 Å². The van der Waals surface area contributed by atoms with Crippen LogP contribution < -0.4 is 5.73 Å². The number of nitrogens with zero attached hydrogens (tertiary/aromatic N) is 2. The largest absolute Gasteiger partial charge is 0.456 e. The zero-order valence-corrected chi connectivity index (χ0v) is 10.1. The molecule has 0 bridgehead atoms. The molecule has 5 nitrogen and oxygen atoms in total. The van der Waals surface area contributed by atoms with Gasteiger partial charge in [-0.05, 0) is 17.7 Å². The number of halogens is 1. The van der Waals surface area contributed by atoms with Crippen molar-refractivity contribution in [2.75, 3.05) is 5.73 Å². The molecule has 2 aromatic rings. The fourth-order valence-corrected chi connectivity index (χ4v) is 1.43. The third-order valence-corrected chi connectivity index (χ3v) is 2.46. The van der Waals surface area contributed by atoms with Crippen LogP contribution in [0.1, 0.15) is 16.1 Å². The second-order valence-corrected chi connectivity index (χ2v) is 3.93. The van der Waals surface area contributed by atoms with Crippen molar-refractivity contribution in [3.63, 3.8) is 0 Å². The van der Waals surface area contributed by atoms with Crippen molar-refractivity contribution in [2.45, 2.75) is 6.61 Å². The molecule has 0 fully saturated rings. The lowest BCUT2D eigenvalue weighted by atomic mass is 10.2. The van der Waals surface area contributed by atoms with Crippen LogP contribution in [0.25, 0.3) is 0 Å². The normalized spacial score (nSPS) is 10.1. The number of hydrogen-bond acceptors (Lipinski definition) is 5. The van der Waals surface area contributed by atoms with E-state index in [0.717, 1.165) is 5.56 Å². The summed E-state index contributed by atoms with van der Waals surface area (Å²) in [6, 6.07) is 6.99. The Balaban J connectivity index is 2.01. The highest BCUT2D eigenvalue weighted by atomic mass is 35.5. The highest BCUT2D eigenvalue weighted by Crippen LogP contribution is 2.12. The van der Waals surface area contributed by atoms with Crippen molar-refractivity contribution in [1.29, 1.82) is 0 Å². The maximum absolute atomic E-state index is 11.7. The first-order chi connectivity index (χ1) is 8.66. The Kier molecular flexibility index (Phi) is 3.74. The molecule has 1 aromatic heterocycles. The van der Waals surface area contributed by atoms with E-state index in [4.69, 9.17) is 22.1 Å². The number of aromatic nitrogens is 2. The van der Waals surface area contributed by atoms with E-state index in [1.807, 2.05) is 0 Å². The van der Waals surface area contributed by atoms with Crippen LogP contribution in [-0.2, 0) is 11.3 Å². The van der Waals surface area contributed by atoms with Crippen LogP contribution in [0.2, 0.25) is 5.02 Å². The maximum atomic E-state index is 11.7. The smallest absolute Gasteiger partial charge is 0.361 e. The van der Waals surface area contributed by atoms with E-state index in [-0.39, 0.29) is 18.1 Å². The van der Waals surface area contributed by atoms with Crippen LogP contribution in [0.3, 0.4) is 0 Å². The molecular formula is C12H10ClN3O2. The van der Waals surface area contributed by atoms with Gasteiger partial charge in [0.25, 0.3) is 0 Å². The van der Waals surface area contributed by atoms with Crippen molar-refractivity contribution < 1.29 is 9.53 Å². The molecule has 0 unspecified atom stereocenters. The van der Waals surface area contributed by atoms with Gasteiger partial charge in [-0.15, -0.1) is 0 Å². The Morgan fingerprint density at radius 2 is 1.89 bits per heavy atom. The lowest BCUT2D eigenvalue weighted by molar-refractivity contribution is 0.0466. The molecular weight excluding hydrogens is 254 g/mol. The van der Waals surface area contributed by atoms with Gasteiger partial charge in [-0.25, -0.2) is 14.8 Å². The summed E-state index contributed by atoms with van der Waals surface area (Å²) < 4.78 is 5.07. The highest BCUT2D eigenvalue weighted by molar-refractivity contribution is 6.30. The molecule has 0 saturated heterocycles. The molecule has 1 heterocycles. The summed E-state index contributed by atoms with van der Waals surface area (Å²) in [5.74, 6) is -0.547. The van der Waals surface area contributed by atoms with Gasteiger partial charge in [0.2, 0.25) is 0 Å². The second kappa shape index (κ2) is 5.46. The molecule has 0 aliphatic rings. The molecule has 18 heavy (non-hydrogen) atoms. The molecule has 0 atom stereocenters.